The van der Waals surface area contributed by atoms with Gasteiger partial charge in [-0.1, -0.05) is 6.07 Å². The van der Waals surface area contributed by atoms with Gasteiger partial charge in [0.25, 0.3) is 5.91 Å². The Hall–Kier alpha value is -1.43. The number of nitrogens with zero attached hydrogens (tertiary/aromatic N) is 1. The number of carboxylic acids is 1. The van der Waals surface area contributed by atoms with Gasteiger partial charge in [0.05, 0.1) is 16.5 Å². The molecule has 2 rings (SSSR count). The van der Waals surface area contributed by atoms with Gasteiger partial charge < -0.3 is 10.0 Å². The quantitative estimate of drug-likeness (QED) is 0.903. The first kappa shape index (κ1) is 14.0. The van der Waals surface area contributed by atoms with E-state index < -0.39 is 11.8 Å². The number of rotatable bonds is 5. The zero-order valence-electron chi connectivity index (χ0n) is 10.1. The topological polar surface area (TPSA) is 57.6 Å². The zero-order valence-corrected chi connectivity index (χ0v) is 11.7. The highest BCUT2D eigenvalue weighted by Gasteiger charge is 2.34. The maximum atomic E-state index is 13.4. The van der Waals surface area contributed by atoms with Crippen LogP contribution in [0.5, 0.6) is 0 Å². The first-order valence-electron chi connectivity index (χ1n) is 5.97. The minimum Gasteiger partial charge on any atom is -0.481 e. The normalized spacial score (nSPS) is 14.2. The molecule has 0 unspecified atom stereocenters. The summed E-state index contributed by atoms with van der Waals surface area (Å²) in [5, 5.41) is 8.71. The molecule has 1 amide bonds. The molecule has 19 heavy (non-hydrogen) atoms. The number of carbonyl (C=O) groups is 2. The molecule has 1 fully saturated rings. The molecule has 1 aliphatic carbocycles. The highest BCUT2D eigenvalue weighted by Crippen LogP contribution is 2.30. The van der Waals surface area contributed by atoms with Crippen molar-refractivity contribution in [3.8, 4) is 0 Å². The van der Waals surface area contributed by atoms with Gasteiger partial charge in [-0.25, -0.2) is 4.39 Å². The molecule has 4 nitrogen and oxygen atoms in total. The van der Waals surface area contributed by atoms with E-state index in [-0.39, 0.29) is 35.0 Å². The van der Waals surface area contributed by atoms with Crippen LogP contribution in [0.4, 0.5) is 4.39 Å². The minimum atomic E-state index is -0.947. The third kappa shape index (κ3) is 3.32. The molecule has 1 aromatic rings. The van der Waals surface area contributed by atoms with Crippen LogP contribution in [0.25, 0.3) is 0 Å². The molecule has 0 heterocycles. The van der Waals surface area contributed by atoms with Gasteiger partial charge in [-0.3, -0.25) is 9.59 Å². The highest BCUT2D eigenvalue weighted by atomic mass is 79.9. The summed E-state index contributed by atoms with van der Waals surface area (Å²) in [6.45, 7) is 0.155. The SMILES string of the molecule is O=C(O)CCN(C(=O)c1cccc(F)c1Br)C1CC1. The number of carboxylic acid groups (broad SMARTS) is 1. The van der Waals surface area contributed by atoms with Crippen molar-refractivity contribution in [2.24, 2.45) is 0 Å². The molecule has 0 aliphatic heterocycles. The van der Waals surface area contributed by atoms with E-state index in [0.717, 1.165) is 12.8 Å². The van der Waals surface area contributed by atoms with Gasteiger partial charge in [0.15, 0.2) is 0 Å². The molecule has 0 aromatic heterocycles. The van der Waals surface area contributed by atoms with Crippen LogP contribution in [-0.4, -0.2) is 34.5 Å². The lowest BCUT2D eigenvalue weighted by atomic mass is 10.2. The summed E-state index contributed by atoms with van der Waals surface area (Å²) in [4.78, 5) is 24.5. The average Bonchev–Trinajstić information content (AvgIpc) is 3.17. The van der Waals surface area contributed by atoms with Crippen LogP contribution >= 0.6 is 15.9 Å². The molecule has 0 atom stereocenters. The van der Waals surface area contributed by atoms with Crippen molar-refractivity contribution in [2.75, 3.05) is 6.54 Å². The van der Waals surface area contributed by atoms with Crippen LogP contribution in [0.1, 0.15) is 29.6 Å². The maximum Gasteiger partial charge on any atom is 0.305 e. The van der Waals surface area contributed by atoms with Gasteiger partial charge >= 0.3 is 5.97 Å². The first-order valence-corrected chi connectivity index (χ1v) is 6.76. The molecule has 6 heteroatoms. The third-order valence-corrected chi connectivity index (χ3v) is 3.80. The van der Waals surface area contributed by atoms with Gasteiger partial charge in [0, 0.05) is 12.6 Å². The number of aliphatic carboxylic acids is 1. The second kappa shape index (κ2) is 5.69. The molecule has 1 aromatic carbocycles. The molecular formula is C13H13BrFNO3. The van der Waals surface area contributed by atoms with E-state index in [1.807, 2.05) is 0 Å². The Morgan fingerprint density at radius 2 is 2.11 bits per heavy atom. The standard InChI is InChI=1S/C13H13BrFNO3/c14-12-9(2-1-3-10(12)15)13(19)16(8-4-5-8)7-6-11(17)18/h1-3,8H,4-7H2,(H,17,18). The Morgan fingerprint density at radius 3 is 2.68 bits per heavy atom. The van der Waals surface area contributed by atoms with E-state index in [0.29, 0.717) is 0 Å². The van der Waals surface area contributed by atoms with Crippen LogP contribution in [0.15, 0.2) is 22.7 Å². The molecule has 0 radical (unpaired) electrons. The van der Waals surface area contributed by atoms with Crippen LogP contribution in [0, 0.1) is 5.82 Å². The number of benzene rings is 1. The second-order valence-electron chi connectivity index (χ2n) is 4.47. The summed E-state index contributed by atoms with van der Waals surface area (Å²) in [6.07, 6.45) is 1.64. The van der Waals surface area contributed by atoms with Gasteiger partial charge in [-0.2, -0.15) is 0 Å². The van der Waals surface area contributed by atoms with Crippen molar-refractivity contribution in [3.63, 3.8) is 0 Å². The first-order chi connectivity index (χ1) is 9.00. The summed E-state index contributed by atoms with van der Waals surface area (Å²) in [7, 11) is 0. The monoisotopic (exact) mass is 329 g/mol. The van der Waals surface area contributed by atoms with Gasteiger partial charge in [-0.05, 0) is 40.9 Å². The molecule has 0 spiro atoms. The molecule has 1 saturated carbocycles. The lowest BCUT2D eigenvalue weighted by molar-refractivity contribution is -0.137. The molecule has 0 saturated heterocycles. The summed E-state index contributed by atoms with van der Waals surface area (Å²) >= 11 is 3.06. The zero-order chi connectivity index (χ0) is 14.0. The Kier molecular flexibility index (Phi) is 4.19. The Morgan fingerprint density at radius 1 is 1.42 bits per heavy atom. The van der Waals surface area contributed by atoms with Crippen molar-refractivity contribution < 1.29 is 19.1 Å². The summed E-state index contributed by atoms with van der Waals surface area (Å²) in [6, 6.07) is 4.35. The van der Waals surface area contributed by atoms with Gasteiger partial charge in [0.2, 0.25) is 0 Å². The summed E-state index contributed by atoms with van der Waals surface area (Å²) in [5.74, 6) is -1.77. The maximum absolute atomic E-state index is 13.4. The van der Waals surface area contributed by atoms with Crippen LogP contribution < -0.4 is 0 Å². The Balaban J connectivity index is 2.19. The third-order valence-electron chi connectivity index (χ3n) is 3.00. The molecule has 102 valence electrons. The van der Waals surface area contributed by atoms with Crippen molar-refractivity contribution in [1.29, 1.82) is 0 Å². The minimum absolute atomic E-state index is 0.0852. The molecule has 0 bridgehead atoms. The van der Waals surface area contributed by atoms with E-state index in [1.165, 1.54) is 23.1 Å². The van der Waals surface area contributed by atoms with Crippen molar-refractivity contribution in [1.82, 2.24) is 4.90 Å². The van der Waals surface area contributed by atoms with Crippen molar-refractivity contribution in [2.45, 2.75) is 25.3 Å². The van der Waals surface area contributed by atoms with Gasteiger partial charge in [-0.15, -0.1) is 0 Å². The smallest absolute Gasteiger partial charge is 0.305 e. The van der Waals surface area contributed by atoms with E-state index in [1.54, 1.807) is 0 Å². The van der Waals surface area contributed by atoms with Crippen LogP contribution in [0.2, 0.25) is 0 Å². The van der Waals surface area contributed by atoms with Crippen molar-refractivity contribution in [3.05, 3.63) is 34.1 Å². The number of amides is 1. The lowest BCUT2D eigenvalue weighted by Crippen LogP contribution is -2.35. The largest absolute Gasteiger partial charge is 0.481 e. The predicted octanol–water partition coefficient (Wildman–Crippen LogP) is 2.67. The van der Waals surface area contributed by atoms with E-state index in [2.05, 4.69) is 15.9 Å². The fourth-order valence-electron chi connectivity index (χ4n) is 1.88. The number of carbonyl (C=O) groups excluding carboxylic acids is 1. The number of hydrogen-bond donors (Lipinski definition) is 1. The number of hydrogen-bond acceptors (Lipinski definition) is 2. The molecule has 1 aliphatic rings. The van der Waals surface area contributed by atoms with Crippen LogP contribution in [0.3, 0.4) is 0 Å². The average molecular weight is 330 g/mol. The lowest BCUT2D eigenvalue weighted by Gasteiger charge is -2.22. The summed E-state index contributed by atoms with van der Waals surface area (Å²) in [5.41, 5.74) is 0.234. The van der Waals surface area contributed by atoms with Gasteiger partial charge in [0.1, 0.15) is 5.82 Å². The van der Waals surface area contributed by atoms with E-state index in [4.69, 9.17) is 5.11 Å². The fraction of sp³-hybridized carbons (Fsp3) is 0.385. The second-order valence-corrected chi connectivity index (χ2v) is 5.27. The summed E-state index contributed by atoms with van der Waals surface area (Å²) < 4.78 is 13.5. The molecule has 1 N–H and O–H groups in total. The van der Waals surface area contributed by atoms with Crippen molar-refractivity contribution >= 4 is 27.8 Å². The highest BCUT2D eigenvalue weighted by molar-refractivity contribution is 9.10. The molecular weight excluding hydrogens is 317 g/mol. The Bertz CT molecular complexity index is 517. The fourth-order valence-corrected chi connectivity index (χ4v) is 2.31. The predicted molar refractivity (Wildman–Crippen MR) is 70.4 cm³/mol. The Labute approximate surface area is 118 Å². The van der Waals surface area contributed by atoms with E-state index in [9.17, 15) is 14.0 Å². The number of halogens is 2. The van der Waals surface area contributed by atoms with Crippen LogP contribution in [-0.2, 0) is 4.79 Å². The van der Waals surface area contributed by atoms with E-state index >= 15 is 0 Å².